The van der Waals surface area contributed by atoms with E-state index in [0.29, 0.717) is 12.5 Å². The molecule has 0 bridgehead atoms. The van der Waals surface area contributed by atoms with Crippen molar-refractivity contribution in [1.82, 2.24) is 25.0 Å². The van der Waals surface area contributed by atoms with Gasteiger partial charge < -0.3 is 10.3 Å². The molecule has 1 saturated carbocycles. The zero-order valence-electron chi connectivity index (χ0n) is 25.1. The monoisotopic (exact) mass is 571 g/mol. The van der Waals surface area contributed by atoms with Crippen molar-refractivity contribution in [2.24, 2.45) is 0 Å². The third-order valence-corrected chi connectivity index (χ3v) is 9.07. The summed E-state index contributed by atoms with van der Waals surface area (Å²) in [6, 6.07) is 15.6. The Morgan fingerprint density at radius 2 is 1.62 bits per heavy atom. The molecule has 1 atom stereocenters. The first-order chi connectivity index (χ1) is 20.4. The summed E-state index contributed by atoms with van der Waals surface area (Å²) >= 11 is 0. The molecule has 224 valence electrons. The summed E-state index contributed by atoms with van der Waals surface area (Å²) in [7, 11) is 0. The van der Waals surface area contributed by atoms with E-state index in [-0.39, 0.29) is 30.8 Å². The van der Waals surface area contributed by atoms with Crippen LogP contribution >= 0.6 is 0 Å². The largest absolute Gasteiger partial charge is 0.361 e. The van der Waals surface area contributed by atoms with Crippen molar-refractivity contribution in [3.63, 3.8) is 0 Å². The predicted octanol–water partition coefficient (Wildman–Crippen LogP) is 4.28. The summed E-state index contributed by atoms with van der Waals surface area (Å²) in [5.74, 6) is -0.895. The van der Waals surface area contributed by atoms with Crippen LogP contribution in [0.4, 0.5) is 0 Å². The maximum Gasteiger partial charge on any atom is 0.252 e. The molecule has 2 aromatic carbocycles. The second-order valence-corrected chi connectivity index (χ2v) is 11.9. The molecule has 2 aliphatic rings. The van der Waals surface area contributed by atoms with Crippen molar-refractivity contribution < 1.29 is 14.4 Å². The normalized spacial score (nSPS) is 17.7. The van der Waals surface area contributed by atoms with Crippen LogP contribution < -0.4 is 5.32 Å². The molecule has 0 spiro atoms. The van der Waals surface area contributed by atoms with Gasteiger partial charge >= 0.3 is 0 Å². The molecule has 1 aromatic heterocycles. The van der Waals surface area contributed by atoms with Crippen LogP contribution in [0.5, 0.6) is 0 Å². The van der Waals surface area contributed by atoms with E-state index in [1.165, 1.54) is 43.9 Å². The van der Waals surface area contributed by atoms with Crippen molar-refractivity contribution in [1.29, 1.82) is 0 Å². The molecule has 1 unspecified atom stereocenters. The van der Waals surface area contributed by atoms with Crippen molar-refractivity contribution >= 4 is 28.6 Å². The van der Waals surface area contributed by atoms with Crippen LogP contribution in [0.25, 0.3) is 10.9 Å². The minimum Gasteiger partial charge on any atom is -0.361 e. The Balaban J connectivity index is 1.30. The van der Waals surface area contributed by atoms with Gasteiger partial charge in [0.1, 0.15) is 6.04 Å². The van der Waals surface area contributed by atoms with Gasteiger partial charge in [-0.05, 0) is 42.0 Å². The van der Waals surface area contributed by atoms with E-state index in [1.54, 1.807) is 0 Å². The Kier molecular flexibility index (Phi) is 10.1. The fourth-order valence-corrected chi connectivity index (χ4v) is 6.66. The number of hydrogen-bond acceptors (Lipinski definition) is 5. The van der Waals surface area contributed by atoms with E-state index in [0.717, 1.165) is 60.2 Å². The molecule has 3 amide bonds. The fourth-order valence-electron chi connectivity index (χ4n) is 6.66. The van der Waals surface area contributed by atoms with E-state index in [4.69, 9.17) is 0 Å². The number of carbonyl (C=O) groups excluding carboxylic acids is 3. The van der Waals surface area contributed by atoms with Crippen LogP contribution in [0.15, 0.2) is 54.7 Å². The Morgan fingerprint density at radius 3 is 2.33 bits per heavy atom. The number of para-hydroxylation sites is 1. The third-order valence-electron chi connectivity index (χ3n) is 9.07. The van der Waals surface area contributed by atoms with Crippen LogP contribution in [0.2, 0.25) is 0 Å². The Morgan fingerprint density at radius 1 is 0.929 bits per heavy atom. The van der Waals surface area contributed by atoms with Gasteiger partial charge in [-0.3, -0.25) is 29.1 Å². The zero-order chi connectivity index (χ0) is 29.5. The molecule has 1 aliphatic carbocycles. The highest BCUT2D eigenvalue weighted by atomic mass is 16.2. The molecule has 3 aromatic rings. The number of fused-ring (bicyclic) bond motifs is 1. The SMILES string of the molecule is CCc1ccccc1CN(C(C)=O)C(=O)C(Cc1c[nH]c2ccccc12)NC(=O)CN1CCN(C2CCCCC2)CC1. The van der Waals surface area contributed by atoms with Crippen LogP contribution in [0.1, 0.15) is 62.6 Å². The summed E-state index contributed by atoms with van der Waals surface area (Å²) in [6.45, 7) is 7.55. The van der Waals surface area contributed by atoms with Gasteiger partial charge in [0.15, 0.2) is 0 Å². The molecule has 8 heteroatoms. The average Bonchev–Trinajstić information content (AvgIpc) is 3.42. The molecule has 1 aliphatic heterocycles. The summed E-state index contributed by atoms with van der Waals surface area (Å²) < 4.78 is 0. The lowest BCUT2D eigenvalue weighted by Gasteiger charge is -2.40. The number of aryl methyl sites for hydroxylation is 1. The molecular formula is C34H45N5O3. The third kappa shape index (κ3) is 7.28. The summed E-state index contributed by atoms with van der Waals surface area (Å²) in [6.07, 6.45) is 9.55. The van der Waals surface area contributed by atoms with Crippen molar-refractivity contribution in [2.75, 3.05) is 32.7 Å². The van der Waals surface area contributed by atoms with Gasteiger partial charge in [0, 0.05) is 62.7 Å². The van der Waals surface area contributed by atoms with Crippen LogP contribution in [-0.2, 0) is 33.8 Å². The molecule has 5 rings (SSSR count). The number of nitrogens with zero attached hydrogens (tertiary/aromatic N) is 3. The summed E-state index contributed by atoms with van der Waals surface area (Å²) in [5, 5.41) is 4.05. The lowest BCUT2D eigenvalue weighted by atomic mass is 9.94. The van der Waals surface area contributed by atoms with E-state index in [2.05, 4.69) is 27.0 Å². The number of rotatable bonds is 10. The highest BCUT2D eigenvalue weighted by Crippen LogP contribution is 2.24. The lowest BCUT2D eigenvalue weighted by molar-refractivity contribution is -0.147. The molecular weight excluding hydrogens is 526 g/mol. The first-order valence-corrected chi connectivity index (χ1v) is 15.6. The second kappa shape index (κ2) is 14.1. The summed E-state index contributed by atoms with van der Waals surface area (Å²) in [5.41, 5.74) is 3.95. The van der Waals surface area contributed by atoms with E-state index in [9.17, 15) is 14.4 Å². The fraction of sp³-hybridized carbons (Fsp3) is 0.500. The topological polar surface area (TPSA) is 88.8 Å². The maximum atomic E-state index is 14.1. The molecule has 0 radical (unpaired) electrons. The van der Waals surface area contributed by atoms with Crippen molar-refractivity contribution in [2.45, 2.75) is 77.4 Å². The van der Waals surface area contributed by atoms with E-state index >= 15 is 0 Å². The maximum absolute atomic E-state index is 14.1. The smallest absolute Gasteiger partial charge is 0.252 e. The number of piperazine rings is 1. The van der Waals surface area contributed by atoms with Gasteiger partial charge in [0.25, 0.3) is 5.91 Å². The highest BCUT2D eigenvalue weighted by molar-refractivity contribution is 5.99. The molecule has 8 nitrogen and oxygen atoms in total. The number of imide groups is 1. The van der Waals surface area contributed by atoms with Gasteiger partial charge in [-0.1, -0.05) is 68.7 Å². The summed E-state index contributed by atoms with van der Waals surface area (Å²) in [4.78, 5) is 49.7. The Hall–Kier alpha value is -3.49. The first kappa shape index (κ1) is 30.0. The molecule has 2 N–H and O–H groups in total. The van der Waals surface area contributed by atoms with Gasteiger partial charge in [0.2, 0.25) is 11.8 Å². The molecule has 2 heterocycles. The number of H-pyrrole nitrogens is 1. The first-order valence-electron chi connectivity index (χ1n) is 15.6. The Bertz CT molecular complexity index is 1370. The van der Waals surface area contributed by atoms with Gasteiger partial charge in [-0.15, -0.1) is 0 Å². The standard InChI is InChI=1S/C34H45N5O3/c1-3-26-11-7-8-12-27(26)23-39(25(2)40)34(42)32(21-28-22-35-31-16-10-9-15-30(28)31)36-33(41)24-37-17-19-38(20-18-37)29-13-5-4-6-14-29/h7-12,15-16,22,29,32,35H,3-6,13-14,17-21,23-24H2,1-2H3,(H,36,41). The minimum atomic E-state index is -0.863. The average molecular weight is 572 g/mol. The number of hydrogen-bond donors (Lipinski definition) is 2. The van der Waals surface area contributed by atoms with Crippen molar-refractivity contribution in [3.8, 4) is 0 Å². The predicted molar refractivity (Wildman–Crippen MR) is 166 cm³/mol. The van der Waals surface area contributed by atoms with E-state index in [1.807, 2.05) is 54.7 Å². The van der Waals surface area contributed by atoms with Crippen LogP contribution in [0, 0.1) is 0 Å². The number of amides is 3. The zero-order valence-corrected chi connectivity index (χ0v) is 25.1. The van der Waals surface area contributed by atoms with Gasteiger partial charge in [-0.2, -0.15) is 0 Å². The number of nitrogens with one attached hydrogen (secondary N) is 2. The number of benzene rings is 2. The number of carbonyl (C=O) groups is 3. The quantitative estimate of drug-likeness (QED) is 0.379. The number of aromatic amines is 1. The Labute approximate surface area is 249 Å². The molecule has 2 fully saturated rings. The molecule has 1 saturated heterocycles. The second-order valence-electron chi connectivity index (χ2n) is 11.9. The van der Waals surface area contributed by atoms with Crippen molar-refractivity contribution in [3.05, 3.63) is 71.4 Å². The molecule has 42 heavy (non-hydrogen) atoms. The minimum absolute atomic E-state index is 0.182. The number of aromatic nitrogens is 1. The van der Waals surface area contributed by atoms with Crippen LogP contribution in [-0.4, -0.2) is 82.2 Å². The van der Waals surface area contributed by atoms with Crippen LogP contribution in [0.3, 0.4) is 0 Å². The highest BCUT2D eigenvalue weighted by Gasteiger charge is 2.31. The lowest BCUT2D eigenvalue weighted by Crippen LogP contribution is -2.55. The van der Waals surface area contributed by atoms with E-state index < -0.39 is 6.04 Å². The van der Waals surface area contributed by atoms with Gasteiger partial charge in [0.05, 0.1) is 13.1 Å². The van der Waals surface area contributed by atoms with Gasteiger partial charge in [-0.25, -0.2) is 0 Å².